The first kappa shape index (κ1) is 29.6. The minimum atomic E-state index is -1.04. The van der Waals surface area contributed by atoms with E-state index in [2.05, 4.69) is 10.6 Å². The Kier molecular flexibility index (Phi) is 8.99. The van der Waals surface area contributed by atoms with Crippen molar-refractivity contribution in [2.75, 3.05) is 18.5 Å². The summed E-state index contributed by atoms with van der Waals surface area (Å²) < 4.78 is 15.5. The Morgan fingerprint density at radius 1 is 0.864 bits per heavy atom. The third kappa shape index (κ3) is 7.10. The zero-order chi connectivity index (χ0) is 31.1. The first-order valence-corrected chi connectivity index (χ1v) is 13.6. The Morgan fingerprint density at radius 2 is 1.52 bits per heavy atom. The SMILES string of the molecule is O=C(CCNC(=O)OCC1c2ccccc2-c2ccccc21)Nc1cc(COC(=O)Oc2ccc([N+](=O)[O-])cc2)ccc1O. The number of hydrogen-bond donors (Lipinski definition) is 3. The van der Waals surface area contributed by atoms with Gasteiger partial charge in [0.1, 0.15) is 24.7 Å². The zero-order valence-corrected chi connectivity index (χ0v) is 23.2. The number of rotatable bonds is 10. The number of nitrogens with one attached hydrogen (secondary N) is 2. The van der Waals surface area contributed by atoms with Crippen molar-refractivity contribution in [2.24, 2.45) is 0 Å². The average molecular weight is 598 g/mol. The number of benzene rings is 4. The number of phenols is 1. The number of nitrogens with zero attached hydrogens (tertiary/aromatic N) is 1. The van der Waals surface area contributed by atoms with Gasteiger partial charge in [0, 0.05) is 31.0 Å². The van der Waals surface area contributed by atoms with Crippen molar-refractivity contribution in [2.45, 2.75) is 18.9 Å². The fourth-order valence-corrected chi connectivity index (χ4v) is 4.82. The van der Waals surface area contributed by atoms with Crippen molar-refractivity contribution in [3.63, 3.8) is 0 Å². The lowest BCUT2D eigenvalue weighted by atomic mass is 9.98. The number of phenolic OH excluding ortho intramolecular Hbond substituents is 1. The van der Waals surface area contributed by atoms with E-state index in [9.17, 15) is 29.6 Å². The minimum Gasteiger partial charge on any atom is -0.506 e. The second kappa shape index (κ2) is 13.4. The molecule has 0 spiro atoms. The Hall–Kier alpha value is -5.91. The molecule has 1 aliphatic rings. The summed E-state index contributed by atoms with van der Waals surface area (Å²) in [4.78, 5) is 47.0. The molecule has 12 nitrogen and oxygen atoms in total. The maximum absolute atomic E-state index is 12.5. The summed E-state index contributed by atoms with van der Waals surface area (Å²) in [7, 11) is 0. The number of nitro benzene ring substituents is 1. The molecule has 0 atom stereocenters. The molecule has 0 radical (unpaired) electrons. The number of carbonyl (C=O) groups is 3. The second-order valence-electron chi connectivity index (χ2n) is 9.79. The molecular weight excluding hydrogens is 570 g/mol. The summed E-state index contributed by atoms with van der Waals surface area (Å²) in [5.41, 5.74) is 4.79. The maximum Gasteiger partial charge on any atom is 0.514 e. The Balaban J connectivity index is 1.05. The number of ether oxygens (including phenoxy) is 3. The van der Waals surface area contributed by atoms with Crippen molar-refractivity contribution in [3.8, 4) is 22.6 Å². The van der Waals surface area contributed by atoms with Crippen LogP contribution in [0.4, 0.5) is 21.0 Å². The van der Waals surface area contributed by atoms with Gasteiger partial charge in [-0.15, -0.1) is 0 Å². The molecule has 4 aromatic rings. The molecule has 12 heteroatoms. The molecule has 0 aliphatic heterocycles. The van der Waals surface area contributed by atoms with Crippen LogP contribution >= 0.6 is 0 Å². The Bertz CT molecular complexity index is 1660. The van der Waals surface area contributed by atoms with E-state index in [1.165, 1.54) is 42.5 Å². The molecule has 0 aromatic heterocycles. The van der Waals surface area contributed by atoms with Gasteiger partial charge in [-0.3, -0.25) is 14.9 Å². The third-order valence-corrected chi connectivity index (χ3v) is 6.91. The largest absolute Gasteiger partial charge is 0.514 e. The molecular formula is C32H27N3O9. The van der Waals surface area contributed by atoms with Crippen LogP contribution in [0, 0.1) is 10.1 Å². The molecule has 0 heterocycles. The second-order valence-corrected chi connectivity index (χ2v) is 9.79. The van der Waals surface area contributed by atoms with E-state index in [4.69, 9.17) is 14.2 Å². The van der Waals surface area contributed by atoms with Crippen molar-refractivity contribution >= 4 is 29.5 Å². The van der Waals surface area contributed by atoms with Gasteiger partial charge in [-0.1, -0.05) is 54.6 Å². The van der Waals surface area contributed by atoms with Gasteiger partial charge in [-0.05, 0) is 52.1 Å². The monoisotopic (exact) mass is 597 g/mol. The van der Waals surface area contributed by atoms with Gasteiger partial charge in [0.15, 0.2) is 0 Å². The first-order chi connectivity index (χ1) is 21.3. The van der Waals surface area contributed by atoms with E-state index in [0.29, 0.717) is 5.56 Å². The molecule has 5 rings (SSSR count). The van der Waals surface area contributed by atoms with Crippen LogP contribution in [0.15, 0.2) is 91.0 Å². The lowest BCUT2D eigenvalue weighted by molar-refractivity contribution is -0.384. The molecule has 0 unspecified atom stereocenters. The predicted molar refractivity (Wildman–Crippen MR) is 158 cm³/mol. The number of fused-ring (bicyclic) bond motifs is 3. The molecule has 0 fully saturated rings. The van der Waals surface area contributed by atoms with Crippen molar-refractivity contribution in [3.05, 3.63) is 118 Å². The summed E-state index contributed by atoms with van der Waals surface area (Å²) in [6.07, 6.45) is -1.79. The molecule has 3 N–H and O–H groups in total. The van der Waals surface area contributed by atoms with Gasteiger partial charge in [-0.2, -0.15) is 0 Å². The number of anilines is 1. The van der Waals surface area contributed by atoms with Crippen LogP contribution in [0.1, 0.15) is 29.0 Å². The van der Waals surface area contributed by atoms with Crippen LogP contribution in [-0.4, -0.2) is 41.3 Å². The van der Waals surface area contributed by atoms with Crippen LogP contribution in [0.3, 0.4) is 0 Å². The number of amides is 2. The van der Waals surface area contributed by atoms with Crippen LogP contribution in [-0.2, 0) is 20.9 Å². The highest BCUT2D eigenvalue weighted by Gasteiger charge is 2.29. The fraction of sp³-hybridized carbons (Fsp3) is 0.156. The summed E-state index contributed by atoms with van der Waals surface area (Å²) >= 11 is 0. The van der Waals surface area contributed by atoms with Crippen molar-refractivity contribution < 1.29 is 38.6 Å². The van der Waals surface area contributed by atoms with Gasteiger partial charge < -0.3 is 30.0 Å². The highest BCUT2D eigenvalue weighted by Crippen LogP contribution is 2.44. The minimum absolute atomic E-state index is 0.000551. The van der Waals surface area contributed by atoms with E-state index < -0.39 is 23.1 Å². The highest BCUT2D eigenvalue weighted by molar-refractivity contribution is 5.92. The quantitative estimate of drug-likeness (QED) is 0.0665. The van der Waals surface area contributed by atoms with Crippen LogP contribution in [0.5, 0.6) is 11.5 Å². The lowest BCUT2D eigenvalue weighted by Gasteiger charge is -2.14. The van der Waals surface area contributed by atoms with Crippen LogP contribution in [0.2, 0.25) is 0 Å². The van der Waals surface area contributed by atoms with Crippen molar-refractivity contribution in [1.82, 2.24) is 5.32 Å². The smallest absolute Gasteiger partial charge is 0.506 e. The summed E-state index contributed by atoms with van der Waals surface area (Å²) in [5.74, 6) is -0.708. The van der Waals surface area contributed by atoms with E-state index in [1.54, 1.807) is 0 Å². The molecule has 4 aromatic carbocycles. The van der Waals surface area contributed by atoms with Gasteiger partial charge >= 0.3 is 12.2 Å². The molecule has 224 valence electrons. The molecule has 2 amide bonds. The highest BCUT2D eigenvalue weighted by atomic mass is 16.7. The number of aromatic hydroxyl groups is 1. The van der Waals surface area contributed by atoms with Crippen LogP contribution < -0.4 is 15.4 Å². The topological polar surface area (TPSA) is 166 Å². The standard InChI is InChI=1S/C32H27N3O9/c36-29-14-9-20(18-43-32(39)44-22-12-10-21(11-13-22)35(40)41)17-28(29)34-30(37)15-16-33-31(38)42-19-27-25-7-3-1-5-23(25)24-6-2-4-8-26(24)27/h1-14,17,27,36H,15-16,18-19H2,(H,33,38)(H,34,37). The Labute approximate surface area is 251 Å². The first-order valence-electron chi connectivity index (χ1n) is 13.6. The number of carbonyl (C=O) groups excluding carboxylic acids is 3. The number of non-ortho nitro benzene ring substituents is 1. The average Bonchev–Trinajstić information content (AvgIpc) is 3.34. The third-order valence-electron chi connectivity index (χ3n) is 6.91. The predicted octanol–water partition coefficient (Wildman–Crippen LogP) is 5.88. The van der Waals surface area contributed by atoms with E-state index in [-0.39, 0.29) is 55.0 Å². The van der Waals surface area contributed by atoms with Gasteiger partial charge in [0.05, 0.1) is 10.6 Å². The number of alkyl carbamates (subject to hydrolysis) is 1. The molecule has 44 heavy (non-hydrogen) atoms. The number of nitro groups is 1. The van der Waals surface area contributed by atoms with Gasteiger partial charge in [0.2, 0.25) is 5.91 Å². The zero-order valence-electron chi connectivity index (χ0n) is 23.2. The lowest BCUT2D eigenvalue weighted by Crippen LogP contribution is -2.29. The van der Waals surface area contributed by atoms with Crippen LogP contribution in [0.25, 0.3) is 11.1 Å². The normalized spacial score (nSPS) is 11.5. The maximum atomic E-state index is 12.5. The molecule has 0 bridgehead atoms. The van der Waals surface area contributed by atoms with Gasteiger partial charge in [-0.25, -0.2) is 9.59 Å². The summed E-state index contributed by atoms with van der Waals surface area (Å²) in [5, 5.41) is 26.0. The molecule has 1 aliphatic carbocycles. The fourth-order valence-electron chi connectivity index (χ4n) is 4.82. The van der Waals surface area contributed by atoms with Gasteiger partial charge in [0.25, 0.3) is 5.69 Å². The van der Waals surface area contributed by atoms with E-state index in [0.717, 1.165) is 22.3 Å². The molecule has 0 saturated carbocycles. The Morgan fingerprint density at radius 3 is 2.18 bits per heavy atom. The summed E-state index contributed by atoms with van der Waals surface area (Å²) in [6, 6.07) is 25.1. The van der Waals surface area contributed by atoms with E-state index in [1.807, 2.05) is 48.5 Å². The molecule has 0 saturated heterocycles. The van der Waals surface area contributed by atoms with E-state index >= 15 is 0 Å². The number of hydrogen-bond acceptors (Lipinski definition) is 9. The summed E-state index contributed by atoms with van der Waals surface area (Å²) in [6.45, 7) is -0.0882. The van der Waals surface area contributed by atoms with Crippen molar-refractivity contribution in [1.29, 1.82) is 0 Å².